The maximum atomic E-state index is 13.5. The number of nitrogens with zero attached hydrogens (tertiary/aromatic N) is 1. The molecule has 0 bridgehead atoms. The van der Waals surface area contributed by atoms with E-state index in [2.05, 4.69) is 15.4 Å². The molecule has 39 heavy (non-hydrogen) atoms. The van der Waals surface area contributed by atoms with Crippen molar-refractivity contribution in [3.63, 3.8) is 0 Å². The topological polar surface area (TPSA) is 142 Å². The van der Waals surface area contributed by atoms with Crippen molar-refractivity contribution in [2.45, 2.75) is 106 Å². The number of hydrogen-bond donors (Lipinski definition) is 3. The van der Waals surface area contributed by atoms with Crippen molar-refractivity contribution >= 4 is 33.7 Å². The zero-order valence-electron chi connectivity index (χ0n) is 21.6. The number of amides is 4. The quantitative estimate of drug-likeness (QED) is 0.412. The maximum Gasteiger partial charge on any atom is 0.389 e. The van der Waals surface area contributed by atoms with Gasteiger partial charge in [-0.25, -0.2) is 8.42 Å². The molecular weight excluding hydrogens is 541 g/mol. The molecule has 14 heteroatoms. The average molecular weight is 577 g/mol. The number of alkyl halides is 3. The summed E-state index contributed by atoms with van der Waals surface area (Å²) in [6.07, 6.45) is 1.87. The van der Waals surface area contributed by atoms with Crippen LogP contribution in [0.1, 0.15) is 77.0 Å². The van der Waals surface area contributed by atoms with Crippen LogP contribution in [0.15, 0.2) is 12.2 Å². The first kappa shape index (κ1) is 29.3. The highest BCUT2D eigenvalue weighted by Gasteiger charge is 2.61. The summed E-state index contributed by atoms with van der Waals surface area (Å²) >= 11 is 0. The summed E-state index contributed by atoms with van der Waals surface area (Å²) in [6, 6.07) is -2.03. The number of carbonyl (C=O) groups excluding carboxylic acids is 4. The largest absolute Gasteiger partial charge is 0.389 e. The minimum absolute atomic E-state index is 0.213. The fourth-order valence-electron chi connectivity index (χ4n) is 5.30. The normalized spacial score (nSPS) is 31.2. The molecule has 0 aromatic heterocycles. The van der Waals surface area contributed by atoms with E-state index in [0.29, 0.717) is 44.9 Å². The monoisotopic (exact) mass is 576 g/mol. The zero-order valence-corrected chi connectivity index (χ0v) is 22.4. The van der Waals surface area contributed by atoms with E-state index in [-0.39, 0.29) is 19.4 Å². The van der Waals surface area contributed by atoms with E-state index in [1.807, 2.05) is 12.2 Å². The minimum Gasteiger partial charge on any atom is -0.344 e. The molecule has 2 heterocycles. The molecule has 4 atom stereocenters. The second-order valence-electron chi connectivity index (χ2n) is 10.9. The lowest BCUT2D eigenvalue weighted by molar-refractivity contribution is -0.146. The van der Waals surface area contributed by atoms with Gasteiger partial charge in [0.25, 0.3) is 5.91 Å². The summed E-state index contributed by atoms with van der Waals surface area (Å²) in [7, 11) is -3.84. The number of allylic oxidation sites excluding steroid dienone is 1. The average Bonchev–Trinajstić information content (AvgIpc) is 3.77. The fraction of sp³-hybridized carbons (Fsp3) is 0.760. The van der Waals surface area contributed by atoms with Crippen LogP contribution in [-0.2, 0) is 29.2 Å². The number of rotatable bonds is 6. The lowest BCUT2D eigenvalue weighted by Gasteiger charge is -2.30. The molecule has 1 saturated heterocycles. The van der Waals surface area contributed by atoms with Gasteiger partial charge in [0.05, 0.1) is 11.7 Å². The van der Waals surface area contributed by atoms with Gasteiger partial charge in [-0.1, -0.05) is 25.0 Å². The molecule has 0 spiro atoms. The van der Waals surface area contributed by atoms with Crippen molar-refractivity contribution in [3.8, 4) is 0 Å². The van der Waals surface area contributed by atoms with Gasteiger partial charge in [0.2, 0.25) is 27.7 Å². The Kier molecular flexibility index (Phi) is 8.62. The second-order valence-corrected chi connectivity index (χ2v) is 12.9. The van der Waals surface area contributed by atoms with Crippen molar-refractivity contribution < 1.29 is 40.8 Å². The van der Waals surface area contributed by atoms with E-state index in [0.717, 1.165) is 6.42 Å². The van der Waals surface area contributed by atoms with Gasteiger partial charge in [-0.15, -0.1) is 0 Å². The van der Waals surface area contributed by atoms with Crippen molar-refractivity contribution in [2.75, 3.05) is 6.54 Å². The van der Waals surface area contributed by atoms with Crippen molar-refractivity contribution in [2.24, 2.45) is 5.92 Å². The predicted octanol–water partition coefficient (Wildman–Crippen LogP) is 1.81. The number of fused-ring (bicyclic) bond motifs is 2. The van der Waals surface area contributed by atoms with Crippen LogP contribution >= 0.6 is 0 Å². The number of halogens is 3. The van der Waals surface area contributed by atoms with E-state index < -0.39 is 81.5 Å². The predicted molar refractivity (Wildman–Crippen MR) is 133 cm³/mol. The molecule has 4 aliphatic rings. The first-order valence-corrected chi connectivity index (χ1v) is 15.1. The summed E-state index contributed by atoms with van der Waals surface area (Å²) in [4.78, 5) is 53.6. The van der Waals surface area contributed by atoms with Crippen LogP contribution in [0.5, 0.6) is 0 Å². The van der Waals surface area contributed by atoms with E-state index in [1.54, 1.807) is 0 Å². The number of nitrogens with one attached hydrogen (secondary N) is 3. The van der Waals surface area contributed by atoms with Crippen molar-refractivity contribution in [1.82, 2.24) is 20.3 Å². The lowest BCUT2D eigenvalue weighted by atomic mass is 10.0. The van der Waals surface area contributed by atoms with Gasteiger partial charge in [-0.05, 0) is 51.4 Å². The molecule has 3 N–H and O–H groups in total. The van der Waals surface area contributed by atoms with Crippen LogP contribution < -0.4 is 15.4 Å². The molecule has 3 fully saturated rings. The van der Waals surface area contributed by atoms with Crippen LogP contribution in [0, 0.1) is 5.92 Å². The van der Waals surface area contributed by atoms with Crippen molar-refractivity contribution in [1.29, 1.82) is 0 Å². The third-order valence-corrected chi connectivity index (χ3v) is 9.62. The third-order valence-electron chi connectivity index (χ3n) is 7.80. The molecule has 1 unspecified atom stereocenters. The summed E-state index contributed by atoms with van der Waals surface area (Å²) in [5.41, 5.74) is -1.45. The van der Waals surface area contributed by atoms with Gasteiger partial charge >= 0.3 is 6.18 Å². The Morgan fingerprint density at radius 1 is 1.08 bits per heavy atom. The highest BCUT2D eigenvalue weighted by molar-refractivity contribution is 7.91. The molecule has 4 amide bonds. The minimum atomic E-state index is -4.50. The summed E-state index contributed by atoms with van der Waals surface area (Å²) in [5.74, 6) is -3.24. The molecule has 0 radical (unpaired) electrons. The maximum absolute atomic E-state index is 13.5. The van der Waals surface area contributed by atoms with Crippen LogP contribution in [0.3, 0.4) is 0 Å². The summed E-state index contributed by atoms with van der Waals surface area (Å²) in [5, 5.41) is 4.55. The molecule has 218 valence electrons. The molecule has 2 aliphatic heterocycles. The molecule has 4 rings (SSSR count). The van der Waals surface area contributed by atoms with Crippen LogP contribution in [0.2, 0.25) is 0 Å². The smallest absolute Gasteiger partial charge is 0.344 e. The molecule has 2 saturated carbocycles. The van der Waals surface area contributed by atoms with Gasteiger partial charge in [0.1, 0.15) is 17.6 Å². The summed E-state index contributed by atoms with van der Waals surface area (Å²) in [6.45, 7) is 0.213. The zero-order chi connectivity index (χ0) is 28.4. The van der Waals surface area contributed by atoms with E-state index in [1.165, 1.54) is 4.90 Å². The van der Waals surface area contributed by atoms with Gasteiger partial charge in [0.15, 0.2) is 0 Å². The van der Waals surface area contributed by atoms with Crippen molar-refractivity contribution in [3.05, 3.63) is 12.2 Å². The Balaban J connectivity index is 1.51. The highest BCUT2D eigenvalue weighted by Crippen LogP contribution is 2.46. The Morgan fingerprint density at radius 3 is 2.51 bits per heavy atom. The Hall–Kier alpha value is -2.64. The van der Waals surface area contributed by atoms with Crippen LogP contribution in [0.25, 0.3) is 0 Å². The lowest BCUT2D eigenvalue weighted by Crippen LogP contribution is -2.58. The third kappa shape index (κ3) is 7.31. The second kappa shape index (κ2) is 11.5. The van der Waals surface area contributed by atoms with Gasteiger partial charge in [0, 0.05) is 18.9 Å². The van der Waals surface area contributed by atoms with E-state index >= 15 is 0 Å². The van der Waals surface area contributed by atoms with Gasteiger partial charge in [-0.2, -0.15) is 13.2 Å². The molecular formula is C25H35F3N4O6S. The Labute approximate surface area is 225 Å². The molecule has 0 aromatic carbocycles. The standard InChI is InChI=1S/C25H35F3N4O6S/c26-25(27,28)13-12-20(33)29-18-8-5-3-1-2-4-7-16-15-24(16,23(36)31-39(37,38)17-10-11-17)30-21(34)19-9-6-14-32(19)22(18)35/h4,7,16-19H,1-3,5-6,8-15H2,(H,29,33)(H,30,34)(H,31,36)/b7-4-/t16-,18?,19+,24-/m1/s1. The van der Waals surface area contributed by atoms with Gasteiger partial charge in [-0.3, -0.25) is 23.9 Å². The first-order valence-electron chi connectivity index (χ1n) is 13.5. The van der Waals surface area contributed by atoms with Gasteiger partial charge < -0.3 is 15.5 Å². The number of sulfonamides is 1. The van der Waals surface area contributed by atoms with E-state index in [9.17, 15) is 40.8 Å². The molecule has 0 aromatic rings. The highest BCUT2D eigenvalue weighted by atomic mass is 32.2. The SMILES string of the molecule is O=C(CCC(F)(F)F)NC1CCCCC/C=C\[C@@H]2C[C@@]2(C(=O)NS(=O)(=O)C2CC2)NC(=O)[C@@H]2CCCN2C1=O. The Morgan fingerprint density at radius 2 is 1.82 bits per heavy atom. The van der Waals surface area contributed by atoms with Crippen LogP contribution in [0.4, 0.5) is 13.2 Å². The number of hydrogen-bond acceptors (Lipinski definition) is 6. The molecule has 2 aliphatic carbocycles. The van der Waals surface area contributed by atoms with Crippen LogP contribution in [-0.4, -0.2) is 72.5 Å². The first-order chi connectivity index (χ1) is 18.3. The van der Waals surface area contributed by atoms with E-state index in [4.69, 9.17) is 0 Å². The fourth-order valence-corrected chi connectivity index (χ4v) is 6.66. The molecule has 10 nitrogen and oxygen atoms in total. The summed E-state index contributed by atoms with van der Waals surface area (Å²) < 4.78 is 64.7. The Bertz CT molecular complexity index is 1120. The number of carbonyl (C=O) groups is 4.